The highest BCUT2D eigenvalue weighted by atomic mass is 14.3. The van der Waals surface area contributed by atoms with Crippen molar-refractivity contribution in [3.05, 3.63) is 83.4 Å². The van der Waals surface area contributed by atoms with Crippen LogP contribution in [0.3, 0.4) is 0 Å². The van der Waals surface area contributed by atoms with Gasteiger partial charge in [-0.25, -0.2) is 0 Å². The number of benzene rings is 3. The van der Waals surface area contributed by atoms with Gasteiger partial charge in [0.15, 0.2) is 0 Å². The van der Waals surface area contributed by atoms with Gasteiger partial charge < -0.3 is 0 Å². The molecule has 108 valence electrons. The van der Waals surface area contributed by atoms with Crippen molar-refractivity contribution in [3.63, 3.8) is 0 Å². The second kappa shape index (κ2) is 4.58. The van der Waals surface area contributed by atoms with Crippen molar-refractivity contribution in [3.8, 4) is 22.3 Å². The van der Waals surface area contributed by atoms with Crippen LogP contribution in [0.25, 0.3) is 22.3 Å². The third-order valence-electron chi connectivity index (χ3n) is 4.96. The molecule has 0 N–H and O–H groups in total. The van der Waals surface area contributed by atoms with Gasteiger partial charge in [-0.3, -0.25) is 0 Å². The molecule has 0 saturated heterocycles. The Bertz CT molecular complexity index is 869. The predicted octanol–water partition coefficient (Wildman–Crippen LogP) is 5.97. The number of fused-ring (bicyclic) bond motifs is 5. The van der Waals surface area contributed by atoms with Crippen molar-refractivity contribution in [2.45, 2.75) is 26.2 Å². The topological polar surface area (TPSA) is 0 Å². The third kappa shape index (κ3) is 1.77. The van der Waals surface area contributed by atoms with Crippen LogP contribution < -0.4 is 0 Å². The molecule has 0 spiro atoms. The van der Waals surface area contributed by atoms with Gasteiger partial charge in [0.1, 0.15) is 0 Å². The molecule has 0 heteroatoms. The maximum Gasteiger partial charge on any atom is 0.0158 e. The zero-order valence-electron chi connectivity index (χ0n) is 13.4. The Balaban J connectivity index is 2.21. The van der Waals surface area contributed by atoms with E-state index >= 15 is 0 Å². The van der Waals surface area contributed by atoms with Crippen molar-refractivity contribution in [1.29, 1.82) is 0 Å². The summed E-state index contributed by atoms with van der Waals surface area (Å²) in [6.45, 7) is 6.85. The Hall–Kier alpha value is -2.34. The number of rotatable bonds is 0. The zero-order chi connectivity index (χ0) is 15.3. The largest absolute Gasteiger partial charge is 0.0619 e. The van der Waals surface area contributed by atoms with Crippen molar-refractivity contribution < 1.29 is 0 Å². The van der Waals surface area contributed by atoms with Gasteiger partial charge in [0.25, 0.3) is 0 Å². The summed E-state index contributed by atoms with van der Waals surface area (Å²) in [5.74, 6) is 0. The molecular formula is C22H20. The molecule has 0 saturated carbocycles. The maximum absolute atomic E-state index is 2.34. The van der Waals surface area contributed by atoms with Crippen LogP contribution in [-0.2, 0) is 5.41 Å². The molecule has 0 radical (unpaired) electrons. The van der Waals surface area contributed by atoms with Gasteiger partial charge in [0.2, 0.25) is 0 Å². The van der Waals surface area contributed by atoms with Crippen LogP contribution in [0, 0.1) is 6.92 Å². The Labute approximate surface area is 132 Å². The lowest BCUT2D eigenvalue weighted by atomic mass is 9.75. The fourth-order valence-corrected chi connectivity index (χ4v) is 3.79. The molecule has 0 unspecified atom stereocenters. The molecule has 0 aromatic heterocycles. The molecule has 0 aliphatic heterocycles. The average molecular weight is 284 g/mol. The highest BCUT2D eigenvalue weighted by Crippen LogP contribution is 2.48. The minimum absolute atomic E-state index is 0.00134. The molecular weight excluding hydrogens is 264 g/mol. The molecule has 1 aliphatic rings. The first-order valence-corrected chi connectivity index (χ1v) is 7.89. The lowest BCUT2D eigenvalue weighted by Gasteiger charge is -2.28. The maximum atomic E-state index is 2.34. The second-order valence-corrected chi connectivity index (χ2v) is 6.77. The van der Waals surface area contributed by atoms with Gasteiger partial charge in [-0.2, -0.15) is 0 Å². The molecule has 0 nitrogen and oxygen atoms in total. The zero-order valence-corrected chi connectivity index (χ0v) is 13.4. The average Bonchev–Trinajstić information content (AvgIpc) is 2.61. The van der Waals surface area contributed by atoms with E-state index in [1.165, 1.54) is 38.9 Å². The molecule has 0 heterocycles. The predicted molar refractivity (Wildman–Crippen MR) is 94.2 cm³/mol. The van der Waals surface area contributed by atoms with E-state index in [1.54, 1.807) is 0 Å². The first-order valence-electron chi connectivity index (χ1n) is 7.89. The van der Waals surface area contributed by atoms with Gasteiger partial charge in [-0.05, 0) is 40.3 Å². The summed E-state index contributed by atoms with van der Waals surface area (Å²) >= 11 is 0. The van der Waals surface area contributed by atoms with E-state index in [2.05, 4.69) is 87.5 Å². The van der Waals surface area contributed by atoms with Crippen molar-refractivity contribution >= 4 is 0 Å². The molecule has 0 bridgehead atoms. The van der Waals surface area contributed by atoms with Crippen LogP contribution in [0.5, 0.6) is 0 Å². The van der Waals surface area contributed by atoms with Gasteiger partial charge in [-0.15, -0.1) is 0 Å². The fraction of sp³-hybridized carbons (Fsp3) is 0.182. The lowest BCUT2D eigenvalue weighted by Crippen LogP contribution is -2.19. The molecule has 0 amide bonds. The van der Waals surface area contributed by atoms with Crippen LogP contribution in [0.2, 0.25) is 0 Å². The first kappa shape index (κ1) is 13.3. The van der Waals surface area contributed by atoms with E-state index in [4.69, 9.17) is 0 Å². The summed E-state index contributed by atoms with van der Waals surface area (Å²) in [5.41, 5.74) is 9.55. The second-order valence-electron chi connectivity index (χ2n) is 6.77. The SMILES string of the molecule is Cc1ccc2c(c1)-c1ccccc1-c1ccccc1C2(C)C. The van der Waals surface area contributed by atoms with Crippen LogP contribution >= 0.6 is 0 Å². The van der Waals surface area contributed by atoms with Gasteiger partial charge in [-0.1, -0.05) is 86.1 Å². The summed E-state index contributed by atoms with van der Waals surface area (Å²) in [5, 5.41) is 0. The normalized spacial score (nSPS) is 14.5. The van der Waals surface area contributed by atoms with Crippen molar-refractivity contribution in [1.82, 2.24) is 0 Å². The van der Waals surface area contributed by atoms with Crippen molar-refractivity contribution in [2.75, 3.05) is 0 Å². The Kier molecular flexibility index (Phi) is 2.77. The molecule has 3 aromatic rings. The summed E-state index contributed by atoms with van der Waals surface area (Å²) < 4.78 is 0. The Morgan fingerprint density at radius 3 is 1.86 bits per heavy atom. The van der Waals surface area contributed by atoms with Gasteiger partial charge in [0, 0.05) is 5.41 Å². The Morgan fingerprint density at radius 1 is 0.591 bits per heavy atom. The van der Waals surface area contributed by atoms with E-state index in [0.29, 0.717) is 0 Å². The summed E-state index contributed by atoms with van der Waals surface area (Å²) in [4.78, 5) is 0. The first-order chi connectivity index (χ1) is 10.6. The quantitative estimate of drug-likeness (QED) is 0.477. The number of hydrogen-bond donors (Lipinski definition) is 0. The van der Waals surface area contributed by atoms with E-state index in [0.717, 1.165) is 0 Å². The highest BCUT2D eigenvalue weighted by molar-refractivity contribution is 5.90. The molecule has 4 rings (SSSR count). The molecule has 22 heavy (non-hydrogen) atoms. The van der Waals surface area contributed by atoms with Crippen LogP contribution in [-0.4, -0.2) is 0 Å². The van der Waals surface area contributed by atoms with E-state index < -0.39 is 0 Å². The van der Waals surface area contributed by atoms with Crippen LogP contribution in [0.15, 0.2) is 66.7 Å². The summed E-state index contributed by atoms with van der Waals surface area (Å²) in [6, 6.07) is 24.5. The van der Waals surface area contributed by atoms with E-state index in [1.807, 2.05) is 0 Å². The smallest absolute Gasteiger partial charge is 0.0158 e. The van der Waals surface area contributed by atoms with Crippen molar-refractivity contribution in [2.24, 2.45) is 0 Å². The van der Waals surface area contributed by atoms with Crippen LogP contribution in [0.1, 0.15) is 30.5 Å². The van der Waals surface area contributed by atoms with E-state index in [9.17, 15) is 0 Å². The lowest BCUT2D eigenvalue weighted by molar-refractivity contribution is 0.646. The standard InChI is InChI=1S/C22H20/c1-15-12-13-21-19(14-15)17-9-5-4-8-16(17)18-10-6-7-11-20(18)22(21,2)3/h4-14H,1-3H3. The monoisotopic (exact) mass is 284 g/mol. The third-order valence-corrected chi connectivity index (χ3v) is 4.96. The van der Waals surface area contributed by atoms with Gasteiger partial charge >= 0.3 is 0 Å². The number of hydrogen-bond acceptors (Lipinski definition) is 0. The molecule has 0 fully saturated rings. The molecule has 0 atom stereocenters. The summed E-state index contributed by atoms with van der Waals surface area (Å²) in [7, 11) is 0. The summed E-state index contributed by atoms with van der Waals surface area (Å²) in [6.07, 6.45) is 0. The van der Waals surface area contributed by atoms with E-state index in [-0.39, 0.29) is 5.41 Å². The molecule has 1 aliphatic carbocycles. The highest BCUT2D eigenvalue weighted by Gasteiger charge is 2.32. The fourth-order valence-electron chi connectivity index (χ4n) is 3.79. The molecule has 3 aromatic carbocycles. The van der Waals surface area contributed by atoms with Gasteiger partial charge in [0.05, 0.1) is 0 Å². The Morgan fingerprint density at radius 2 is 1.14 bits per heavy atom. The number of aryl methyl sites for hydroxylation is 1. The minimum atomic E-state index is -0.00134. The minimum Gasteiger partial charge on any atom is -0.0619 e. The van der Waals surface area contributed by atoms with Crippen LogP contribution in [0.4, 0.5) is 0 Å².